The van der Waals surface area contributed by atoms with Crippen molar-refractivity contribution >= 4 is 17.7 Å². The van der Waals surface area contributed by atoms with E-state index in [1.165, 1.54) is 25.0 Å². The van der Waals surface area contributed by atoms with Crippen LogP contribution in [0.5, 0.6) is 0 Å². The third-order valence-corrected chi connectivity index (χ3v) is 4.36. The summed E-state index contributed by atoms with van der Waals surface area (Å²) in [6.45, 7) is 2.59. The second-order valence-corrected chi connectivity index (χ2v) is 5.72. The third kappa shape index (κ3) is 3.92. The number of nitrogens with one attached hydrogen (secondary N) is 1. The molecule has 1 aliphatic heterocycles. The number of anilines is 1. The van der Waals surface area contributed by atoms with Crippen molar-refractivity contribution < 1.29 is 4.74 Å². The van der Waals surface area contributed by atoms with Crippen LogP contribution in [0.4, 0.5) is 5.95 Å². The van der Waals surface area contributed by atoms with Crippen molar-refractivity contribution in [3.8, 4) is 0 Å². The van der Waals surface area contributed by atoms with Gasteiger partial charge in [0.1, 0.15) is 0 Å². The molecule has 1 N–H and O–H groups in total. The zero-order valence-corrected chi connectivity index (χ0v) is 11.2. The van der Waals surface area contributed by atoms with Crippen molar-refractivity contribution in [2.75, 3.05) is 31.3 Å². The lowest BCUT2D eigenvalue weighted by Gasteiger charge is -2.22. The summed E-state index contributed by atoms with van der Waals surface area (Å²) in [6.07, 6.45) is 8.01. The van der Waals surface area contributed by atoms with Crippen molar-refractivity contribution in [1.82, 2.24) is 9.55 Å². The van der Waals surface area contributed by atoms with Gasteiger partial charge in [0, 0.05) is 37.8 Å². The Labute approximate surface area is 107 Å². The number of aromatic nitrogens is 2. The van der Waals surface area contributed by atoms with E-state index >= 15 is 0 Å². The molecule has 1 aromatic heterocycles. The van der Waals surface area contributed by atoms with Gasteiger partial charge in [-0.1, -0.05) is 6.42 Å². The monoisotopic (exact) mass is 255 g/mol. The minimum atomic E-state index is 0.713. The number of nitrogens with zero attached hydrogens (tertiary/aromatic N) is 2. The van der Waals surface area contributed by atoms with Gasteiger partial charge >= 0.3 is 0 Å². The van der Waals surface area contributed by atoms with Crippen LogP contribution >= 0.6 is 11.8 Å². The minimum absolute atomic E-state index is 0.713. The molecule has 2 rings (SSSR count). The molecule has 1 fully saturated rings. The normalized spacial score (nSPS) is 20.4. The Morgan fingerprint density at radius 2 is 2.53 bits per heavy atom. The van der Waals surface area contributed by atoms with Crippen LogP contribution in [-0.4, -0.2) is 40.8 Å². The Morgan fingerprint density at radius 1 is 1.59 bits per heavy atom. The predicted molar refractivity (Wildman–Crippen MR) is 72.7 cm³/mol. The molecule has 0 amide bonds. The maximum absolute atomic E-state index is 5.03. The van der Waals surface area contributed by atoms with Crippen LogP contribution < -0.4 is 5.32 Å². The van der Waals surface area contributed by atoms with Crippen LogP contribution in [0.25, 0.3) is 0 Å². The van der Waals surface area contributed by atoms with Gasteiger partial charge < -0.3 is 14.6 Å². The van der Waals surface area contributed by atoms with E-state index < -0.39 is 0 Å². The molecule has 4 nitrogen and oxygen atoms in total. The molecule has 1 atom stereocenters. The zero-order valence-electron chi connectivity index (χ0n) is 10.4. The SMILES string of the molecule is COCCNc1nccn1CC1CCCCS1. The van der Waals surface area contributed by atoms with Crippen molar-refractivity contribution in [3.63, 3.8) is 0 Å². The standard InChI is InChI=1S/C12H21N3OS/c1-16-8-6-14-12-13-5-7-15(12)10-11-4-2-3-9-17-11/h5,7,11H,2-4,6,8-10H2,1H3,(H,13,14). The first-order valence-corrected chi connectivity index (χ1v) is 7.30. The highest BCUT2D eigenvalue weighted by molar-refractivity contribution is 7.99. The van der Waals surface area contributed by atoms with E-state index in [2.05, 4.69) is 32.8 Å². The number of thioether (sulfide) groups is 1. The molecule has 17 heavy (non-hydrogen) atoms. The maximum Gasteiger partial charge on any atom is 0.202 e. The molecule has 0 aliphatic carbocycles. The molecule has 0 aromatic carbocycles. The number of methoxy groups -OCH3 is 1. The summed E-state index contributed by atoms with van der Waals surface area (Å²) in [5.74, 6) is 2.28. The van der Waals surface area contributed by atoms with E-state index in [9.17, 15) is 0 Å². The summed E-state index contributed by atoms with van der Waals surface area (Å²) >= 11 is 2.10. The molecule has 0 bridgehead atoms. The highest BCUT2D eigenvalue weighted by Crippen LogP contribution is 2.26. The van der Waals surface area contributed by atoms with E-state index in [1.807, 2.05) is 6.20 Å². The number of ether oxygens (including phenoxy) is 1. The summed E-state index contributed by atoms with van der Waals surface area (Å²) in [7, 11) is 1.72. The molecular formula is C12H21N3OS. The Bertz CT molecular complexity index is 323. The first kappa shape index (κ1) is 12.8. The number of rotatable bonds is 6. The van der Waals surface area contributed by atoms with Crippen LogP contribution in [0.3, 0.4) is 0 Å². The summed E-state index contributed by atoms with van der Waals surface area (Å²) in [6, 6.07) is 0. The Hall–Kier alpha value is -0.680. The van der Waals surface area contributed by atoms with Gasteiger partial charge in [0.05, 0.1) is 6.61 Å². The second-order valence-electron chi connectivity index (χ2n) is 4.31. The van der Waals surface area contributed by atoms with E-state index in [1.54, 1.807) is 7.11 Å². The second kappa shape index (κ2) is 6.91. The third-order valence-electron chi connectivity index (χ3n) is 2.98. The predicted octanol–water partition coefficient (Wildman–Crippen LogP) is 2.23. The molecule has 0 spiro atoms. The first-order chi connectivity index (χ1) is 8.40. The lowest BCUT2D eigenvalue weighted by molar-refractivity contribution is 0.210. The molecular weight excluding hydrogens is 234 g/mol. The fourth-order valence-corrected chi connectivity index (χ4v) is 3.36. The number of imidazole rings is 1. The van der Waals surface area contributed by atoms with Crippen molar-refractivity contribution in [2.24, 2.45) is 0 Å². The molecule has 1 aliphatic rings. The molecule has 2 heterocycles. The highest BCUT2D eigenvalue weighted by atomic mass is 32.2. The molecule has 5 heteroatoms. The van der Waals surface area contributed by atoms with Gasteiger partial charge in [-0.15, -0.1) is 0 Å². The van der Waals surface area contributed by atoms with Crippen LogP contribution in [0, 0.1) is 0 Å². The molecule has 1 aromatic rings. The van der Waals surface area contributed by atoms with Crippen molar-refractivity contribution in [1.29, 1.82) is 0 Å². The van der Waals surface area contributed by atoms with Crippen LogP contribution in [0.1, 0.15) is 19.3 Å². The fraction of sp³-hybridized carbons (Fsp3) is 0.750. The summed E-state index contributed by atoms with van der Waals surface area (Å²) < 4.78 is 7.25. The van der Waals surface area contributed by atoms with Crippen LogP contribution in [0.15, 0.2) is 12.4 Å². The average molecular weight is 255 g/mol. The summed E-state index contributed by atoms with van der Waals surface area (Å²) in [4.78, 5) is 4.34. The Kier molecular flexibility index (Phi) is 5.19. The van der Waals surface area contributed by atoms with Crippen molar-refractivity contribution in [2.45, 2.75) is 31.1 Å². The van der Waals surface area contributed by atoms with Gasteiger partial charge in [-0.05, 0) is 18.6 Å². The molecule has 1 saturated heterocycles. The Morgan fingerprint density at radius 3 is 3.29 bits per heavy atom. The van der Waals surface area contributed by atoms with E-state index in [-0.39, 0.29) is 0 Å². The lowest BCUT2D eigenvalue weighted by atomic mass is 10.2. The van der Waals surface area contributed by atoms with Gasteiger partial charge in [-0.3, -0.25) is 0 Å². The number of hydrogen-bond donors (Lipinski definition) is 1. The van der Waals surface area contributed by atoms with Crippen LogP contribution in [-0.2, 0) is 11.3 Å². The minimum Gasteiger partial charge on any atom is -0.383 e. The van der Waals surface area contributed by atoms with Gasteiger partial charge in [-0.25, -0.2) is 4.98 Å². The smallest absolute Gasteiger partial charge is 0.202 e. The van der Waals surface area contributed by atoms with E-state index in [0.29, 0.717) is 6.61 Å². The first-order valence-electron chi connectivity index (χ1n) is 6.25. The van der Waals surface area contributed by atoms with Gasteiger partial charge in [-0.2, -0.15) is 11.8 Å². The van der Waals surface area contributed by atoms with E-state index in [4.69, 9.17) is 4.74 Å². The average Bonchev–Trinajstić information content (AvgIpc) is 2.79. The van der Waals surface area contributed by atoms with Crippen LogP contribution in [0.2, 0.25) is 0 Å². The maximum atomic E-state index is 5.03. The Balaban J connectivity index is 1.84. The zero-order chi connectivity index (χ0) is 11.9. The highest BCUT2D eigenvalue weighted by Gasteiger charge is 2.15. The number of hydrogen-bond acceptors (Lipinski definition) is 4. The van der Waals surface area contributed by atoms with Crippen molar-refractivity contribution in [3.05, 3.63) is 12.4 Å². The lowest BCUT2D eigenvalue weighted by Crippen LogP contribution is -2.19. The molecule has 96 valence electrons. The van der Waals surface area contributed by atoms with Gasteiger partial charge in [0.15, 0.2) is 0 Å². The van der Waals surface area contributed by atoms with Gasteiger partial charge in [0.25, 0.3) is 0 Å². The molecule has 0 radical (unpaired) electrons. The van der Waals surface area contributed by atoms with E-state index in [0.717, 1.165) is 24.3 Å². The quantitative estimate of drug-likeness (QED) is 0.791. The molecule has 0 saturated carbocycles. The topological polar surface area (TPSA) is 39.1 Å². The summed E-state index contributed by atoms with van der Waals surface area (Å²) in [5.41, 5.74) is 0. The van der Waals surface area contributed by atoms with Gasteiger partial charge in [0.2, 0.25) is 5.95 Å². The molecule has 1 unspecified atom stereocenters. The summed E-state index contributed by atoms with van der Waals surface area (Å²) in [5, 5.41) is 4.05. The largest absolute Gasteiger partial charge is 0.383 e. The fourth-order valence-electron chi connectivity index (χ4n) is 2.06.